The van der Waals surface area contributed by atoms with E-state index in [4.69, 9.17) is 5.73 Å². The van der Waals surface area contributed by atoms with E-state index >= 15 is 0 Å². The van der Waals surface area contributed by atoms with Crippen molar-refractivity contribution in [3.63, 3.8) is 0 Å². The summed E-state index contributed by atoms with van der Waals surface area (Å²) in [5, 5.41) is 0. The second-order valence-corrected chi connectivity index (χ2v) is 5.88. The first-order valence-corrected chi connectivity index (χ1v) is 6.12. The highest BCUT2D eigenvalue weighted by Gasteiger charge is 2.22. The van der Waals surface area contributed by atoms with Crippen molar-refractivity contribution in [2.75, 3.05) is 0 Å². The van der Waals surface area contributed by atoms with Crippen molar-refractivity contribution in [3.8, 4) is 0 Å². The Kier molecular flexibility index (Phi) is 4.47. The van der Waals surface area contributed by atoms with Gasteiger partial charge in [-0.05, 0) is 17.9 Å². The first-order valence-electron chi connectivity index (χ1n) is 6.12. The molecule has 0 aliphatic rings. The molecule has 2 nitrogen and oxygen atoms in total. The van der Waals surface area contributed by atoms with E-state index in [9.17, 15) is 4.79 Å². The van der Waals surface area contributed by atoms with Crippen LogP contribution in [0.1, 0.15) is 38.3 Å². The Labute approximate surface area is 104 Å². The topological polar surface area (TPSA) is 43.1 Å². The Morgan fingerprint density at radius 2 is 2.00 bits per heavy atom. The largest absolute Gasteiger partial charge is 0.327 e. The molecule has 0 bridgehead atoms. The summed E-state index contributed by atoms with van der Waals surface area (Å²) < 4.78 is 0. The Morgan fingerprint density at radius 1 is 1.35 bits per heavy atom. The van der Waals surface area contributed by atoms with Gasteiger partial charge in [-0.25, -0.2) is 0 Å². The fourth-order valence-corrected chi connectivity index (χ4v) is 1.67. The van der Waals surface area contributed by atoms with Crippen LogP contribution in [0.15, 0.2) is 24.3 Å². The van der Waals surface area contributed by atoms with Crippen LogP contribution in [0.25, 0.3) is 0 Å². The molecule has 0 aromatic heterocycles. The Hall–Kier alpha value is -1.15. The summed E-state index contributed by atoms with van der Waals surface area (Å²) in [6.07, 6.45) is 0.947. The minimum absolute atomic E-state index is 0.0116. The first kappa shape index (κ1) is 13.9. The van der Waals surface area contributed by atoms with Gasteiger partial charge in [0.05, 0.1) is 0 Å². The van der Waals surface area contributed by atoms with Crippen LogP contribution in [0.5, 0.6) is 0 Å². The average molecular weight is 233 g/mol. The van der Waals surface area contributed by atoms with Gasteiger partial charge >= 0.3 is 0 Å². The quantitative estimate of drug-likeness (QED) is 0.869. The van der Waals surface area contributed by atoms with Crippen LogP contribution in [-0.4, -0.2) is 11.8 Å². The molecule has 1 aromatic carbocycles. The van der Waals surface area contributed by atoms with Crippen LogP contribution in [0.2, 0.25) is 0 Å². The highest BCUT2D eigenvalue weighted by molar-refractivity contribution is 5.81. The molecule has 17 heavy (non-hydrogen) atoms. The predicted octanol–water partition coefficient (Wildman–Crippen LogP) is 2.87. The van der Waals surface area contributed by atoms with Gasteiger partial charge < -0.3 is 5.73 Å². The van der Waals surface area contributed by atoms with E-state index in [2.05, 4.69) is 26.8 Å². The fraction of sp³-hybridized carbons (Fsp3) is 0.533. The number of carbonyl (C=O) groups excluding carboxylic acids is 1. The Bertz CT molecular complexity index is 390. The van der Waals surface area contributed by atoms with Gasteiger partial charge in [0, 0.05) is 18.9 Å². The highest BCUT2D eigenvalue weighted by Crippen LogP contribution is 2.20. The normalized spacial score (nSPS) is 13.5. The van der Waals surface area contributed by atoms with Gasteiger partial charge in [-0.3, -0.25) is 4.79 Å². The summed E-state index contributed by atoms with van der Waals surface area (Å²) in [5.74, 6) is 0.220. The van der Waals surface area contributed by atoms with E-state index in [0.29, 0.717) is 12.8 Å². The van der Waals surface area contributed by atoms with Crippen LogP contribution < -0.4 is 5.73 Å². The molecule has 1 aromatic rings. The molecule has 1 rings (SSSR count). The Balaban J connectivity index is 2.56. The molecule has 0 saturated heterocycles. The third kappa shape index (κ3) is 4.70. The SMILES string of the molecule is Cc1cccc(CC(=O)CC(N)C(C)(C)C)c1. The smallest absolute Gasteiger partial charge is 0.138 e. The highest BCUT2D eigenvalue weighted by atomic mass is 16.1. The summed E-state index contributed by atoms with van der Waals surface area (Å²) in [4.78, 5) is 11.9. The summed E-state index contributed by atoms with van der Waals surface area (Å²) in [5.41, 5.74) is 8.27. The predicted molar refractivity (Wildman–Crippen MR) is 71.9 cm³/mol. The van der Waals surface area contributed by atoms with E-state index < -0.39 is 0 Å². The molecule has 0 radical (unpaired) electrons. The average Bonchev–Trinajstić information content (AvgIpc) is 2.15. The molecule has 0 aliphatic heterocycles. The van der Waals surface area contributed by atoms with Gasteiger partial charge in [0.25, 0.3) is 0 Å². The van der Waals surface area contributed by atoms with Crippen molar-refractivity contribution in [2.45, 2.75) is 46.6 Å². The van der Waals surface area contributed by atoms with Crippen LogP contribution in [0, 0.1) is 12.3 Å². The molecule has 0 fully saturated rings. The van der Waals surface area contributed by atoms with Gasteiger partial charge in [-0.1, -0.05) is 50.6 Å². The lowest BCUT2D eigenvalue weighted by atomic mass is 9.84. The molecule has 0 heterocycles. The fourth-order valence-electron chi connectivity index (χ4n) is 1.67. The van der Waals surface area contributed by atoms with E-state index in [1.54, 1.807) is 0 Å². The third-order valence-electron chi connectivity index (χ3n) is 3.04. The summed E-state index contributed by atoms with van der Waals surface area (Å²) in [6.45, 7) is 8.24. The lowest BCUT2D eigenvalue weighted by Gasteiger charge is -2.26. The van der Waals surface area contributed by atoms with Gasteiger partial charge in [-0.15, -0.1) is 0 Å². The van der Waals surface area contributed by atoms with Crippen molar-refractivity contribution in [2.24, 2.45) is 11.1 Å². The van der Waals surface area contributed by atoms with Crippen molar-refractivity contribution in [1.29, 1.82) is 0 Å². The zero-order chi connectivity index (χ0) is 13.1. The molecular formula is C15H23NO. The molecular weight excluding hydrogens is 210 g/mol. The van der Waals surface area contributed by atoms with Crippen LogP contribution >= 0.6 is 0 Å². The van der Waals surface area contributed by atoms with Crippen molar-refractivity contribution >= 4 is 5.78 Å². The molecule has 1 atom stereocenters. The molecule has 94 valence electrons. The third-order valence-corrected chi connectivity index (χ3v) is 3.04. The Morgan fingerprint density at radius 3 is 2.53 bits per heavy atom. The van der Waals surface area contributed by atoms with Crippen LogP contribution in [0.3, 0.4) is 0 Å². The maximum Gasteiger partial charge on any atom is 0.138 e. The molecule has 2 heteroatoms. The number of aryl methyl sites for hydroxylation is 1. The molecule has 0 saturated carbocycles. The number of ketones is 1. The maximum atomic E-state index is 11.9. The molecule has 0 aliphatic carbocycles. The first-order chi connectivity index (χ1) is 7.79. The van der Waals surface area contributed by atoms with E-state index in [-0.39, 0.29) is 17.2 Å². The number of Topliss-reactive ketones (excluding diaryl/α,β-unsaturated/α-hetero) is 1. The van der Waals surface area contributed by atoms with E-state index in [0.717, 1.165) is 5.56 Å². The number of hydrogen-bond donors (Lipinski definition) is 1. The standard InChI is InChI=1S/C15H23NO/c1-11-6-5-7-12(8-11)9-13(17)10-14(16)15(2,3)4/h5-8,14H,9-10,16H2,1-4H3. The lowest BCUT2D eigenvalue weighted by Crippen LogP contribution is -2.37. The van der Waals surface area contributed by atoms with Gasteiger partial charge in [0.15, 0.2) is 0 Å². The van der Waals surface area contributed by atoms with Gasteiger partial charge in [-0.2, -0.15) is 0 Å². The zero-order valence-corrected chi connectivity index (χ0v) is 11.3. The van der Waals surface area contributed by atoms with Gasteiger partial charge in [0.2, 0.25) is 0 Å². The molecule has 0 spiro atoms. The number of benzene rings is 1. The molecule has 1 unspecified atom stereocenters. The second kappa shape index (κ2) is 5.46. The number of rotatable bonds is 4. The molecule has 2 N–H and O–H groups in total. The zero-order valence-electron chi connectivity index (χ0n) is 11.3. The summed E-state index contributed by atoms with van der Waals surface area (Å²) >= 11 is 0. The van der Waals surface area contributed by atoms with Crippen molar-refractivity contribution in [3.05, 3.63) is 35.4 Å². The monoisotopic (exact) mass is 233 g/mol. The summed E-state index contributed by atoms with van der Waals surface area (Å²) in [7, 11) is 0. The summed E-state index contributed by atoms with van der Waals surface area (Å²) in [6, 6.07) is 8.00. The van der Waals surface area contributed by atoms with Crippen LogP contribution in [0.4, 0.5) is 0 Å². The van der Waals surface area contributed by atoms with Gasteiger partial charge in [0.1, 0.15) is 5.78 Å². The van der Waals surface area contributed by atoms with Crippen LogP contribution in [-0.2, 0) is 11.2 Å². The number of carbonyl (C=O) groups is 1. The maximum absolute atomic E-state index is 11.9. The van der Waals surface area contributed by atoms with Crippen molar-refractivity contribution in [1.82, 2.24) is 0 Å². The second-order valence-electron chi connectivity index (χ2n) is 5.88. The molecule has 0 amide bonds. The minimum Gasteiger partial charge on any atom is -0.327 e. The lowest BCUT2D eigenvalue weighted by molar-refractivity contribution is -0.119. The minimum atomic E-state index is -0.0696. The number of hydrogen-bond acceptors (Lipinski definition) is 2. The number of nitrogens with two attached hydrogens (primary N) is 1. The van der Waals surface area contributed by atoms with Crippen molar-refractivity contribution < 1.29 is 4.79 Å². The van der Waals surface area contributed by atoms with E-state index in [1.165, 1.54) is 5.56 Å². The van der Waals surface area contributed by atoms with E-state index in [1.807, 2.05) is 25.1 Å².